The molecular weight excluding hydrogens is 212 g/mol. The fourth-order valence-electron chi connectivity index (χ4n) is 1.58. The number of ether oxygens (including phenoxy) is 1. The molecule has 0 spiro atoms. The van der Waals surface area contributed by atoms with E-state index in [4.69, 9.17) is 20.0 Å². The third-order valence-electron chi connectivity index (χ3n) is 2.51. The van der Waals surface area contributed by atoms with Gasteiger partial charge in [0.15, 0.2) is 11.9 Å². The van der Waals surface area contributed by atoms with Crippen molar-refractivity contribution in [2.75, 3.05) is 31.2 Å². The highest BCUT2D eigenvalue weighted by atomic mass is 16.5. The maximum Gasteiger partial charge on any atom is 0.328 e. The van der Waals surface area contributed by atoms with Crippen molar-refractivity contribution in [3.8, 4) is 0 Å². The summed E-state index contributed by atoms with van der Waals surface area (Å²) in [5.74, 6) is -0.174. The summed E-state index contributed by atoms with van der Waals surface area (Å²) >= 11 is 0. The van der Waals surface area contributed by atoms with Gasteiger partial charge in [-0.15, -0.1) is 0 Å². The van der Waals surface area contributed by atoms with Crippen LogP contribution in [0, 0.1) is 0 Å². The SMILES string of the molecule is NC(C(=O)O)c1ccc(N2CCOCC2)o1. The average molecular weight is 226 g/mol. The quantitative estimate of drug-likeness (QED) is 0.765. The standard InChI is InChI=1S/C10H14N2O4/c11-9(10(13)14)7-1-2-8(16-7)12-3-5-15-6-4-12/h1-2,9H,3-6,11H2,(H,13,14). The molecule has 1 atom stereocenters. The van der Waals surface area contributed by atoms with Crippen LogP contribution in [0.4, 0.5) is 5.88 Å². The highest BCUT2D eigenvalue weighted by Gasteiger charge is 2.21. The summed E-state index contributed by atoms with van der Waals surface area (Å²) in [5, 5.41) is 8.74. The average Bonchev–Trinajstić information content (AvgIpc) is 2.78. The molecule has 0 radical (unpaired) electrons. The molecule has 1 fully saturated rings. The minimum atomic E-state index is -1.10. The zero-order chi connectivity index (χ0) is 11.5. The molecule has 6 nitrogen and oxygen atoms in total. The second-order valence-corrected chi connectivity index (χ2v) is 3.59. The summed E-state index contributed by atoms with van der Waals surface area (Å²) in [6, 6.07) is 2.24. The van der Waals surface area contributed by atoms with Crippen LogP contribution in [0.25, 0.3) is 0 Å². The van der Waals surface area contributed by atoms with Crippen LogP contribution in [0.2, 0.25) is 0 Å². The van der Waals surface area contributed by atoms with Crippen molar-refractivity contribution in [1.29, 1.82) is 0 Å². The Labute approximate surface area is 92.6 Å². The van der Waals surface area contributed by atoms with Crippen LogP contribution < -0.4 is 10.6 Å². The lowest BCUT2D eigenvalue weighted by Crippen LogP contribution is -2.35. The van der Waals surface area contributed by atoms with Gasteiger partial charge in [0.2, 0.25) is 0 Å². The molecule has 0 aromatic carbocycles. The highest BCUT2D eigenvalue weighted by Crippen LogP contribution is 2.22. The molecule has 0 saturated carbocycles. The van der Waals surface area contributed by atoms with Crippen molar-refractivity contribution >= 4 is 11.9 Å². The van der Waals surface area contributed by atoms with Gasteiger partial charge in [0.05, 0.1) is 13.2 Å². The zero-order valence-corrected chi connectivity index (χ0v) is 8.76. The Kier molecular flexibility index (Phi) is 3.12. The number of carboxylic acid groups (broad SMARTS) is 1. The number of aliphatic carboxylic acids is 1. The number of nitrogens with two attached hydrogens (primary N) is 1. The van der Waals surface area contributed by atoms with Gasteiger partial charge < -0.3 is 24.9 Å². The Morgan fingerprint density at radius 2 is 2.12 bits per heavy atom. The normalized spacial score (nSPS) is 18.4. The lowest BCUT2D eigenvalue weighted by molar-refractivity contribution is -0.139. The number of nitrogens with zero attached hydrogens (tertiary/aromatic N) is 1. The van der Waals surface area contributed by atoms with E-state index in [-0.39, 0.29) is 5.76 Å². The number of carboxylic acids is 1. The summed E-state index contributed by atoms with van der Waals surface area (Å²) in [6.07, 6.45) is 0. The summed E-state index contributed by atoms with van der Waals surface area (Å²) in [5.41, 5.74) is 5.44. The molecule has 1 saturated heterocycles. The molecule has 88 valence electrons. The second-order valence-electron chi connectivity index (χ2n) is 3.59. The third-order valence-corrected chi connectivity index (χ3v) is 2.51. The number of rotatable bonds is 3. The lowest BCUT2D eigenvalue weighted by Gasteiger charge is -2.26. The van der Waals surface area contributed by atoms with Gasteiger partial charge >= 0.3 is 5.97 Å². The van der Waals surface area contributed by atoms with Crippen LogP contribution in [0.1, 0.15) is 11.8 Å². The molecule has 1 aliphatic rings. The third kappa shape index (κ3) is 2.17. The maximum absolute atomic E-state index is 10.7. The van der Waals surface area contributed by atoms with E-state index in [1.165, 1.54) is 0 Å². The van der Waals surface area contributed by atoms with E-state index < -0.39 is 12.0 Å². The van der Waals surface area contributed by atoms with Gasteiger partial charge in [-0.05, 0) is 6.07 Å². The van der Waals surface area contributed by atoms with Gasteiger partial charge in [0.1, 0.15) is 5.76 Å². The van der Waals surface area contributed by atoms with Crippen molar-refractivity contribution in [2.45, 2.75) is 6.04 Å². The number of anilines is 1. The van der Waals surface area contributed by atoms with Crippen LogP contribution in [0.3, 0.4) is 0 Å². The van der Waals surface area contributed by atoms with E-state index in [0.717, 1.165) is 13.1 Å². The van der Waals surface area contributed by atoms with Gasteiger partial charge in [-0.2, -0.15) is 0 Å². The van der Waals surface area contributed by atoms with E-state index in [1.54, 1.807) is 12.1 Å². The Morgan fingerprint density at radius 1 is 1.44 bits per heavy atom. The smallest absolute Gasteiger partial charge is 0.328 e. The first kappa shape index (κ1) is 11.0. The van der Waals surface area contributed by atoms with Crippen LogP contribution in [0.5, 0.6) is 0 Å². The molecule has 0 amide bonds. The summed E-state index contributed by atoms with van der Waals surface area (Å²) in [4.78, 5) is 12.7. The number of hydrogen-bond donors (Lipinski definition) is 2. The first-order valence-electron chi connectivity index (χ1n) is 5.09. The fourth-order valence-corrected chi connectivity index (χ4v) is 1.58. The van der Waals surface area contributed by atoms with Crippen molar-refractivity contribution in [3.05, 3.63) is 17.9 Å². The second kappa shape index (κ2) is 4.54. The summed E-state index contributed by atoms with van der Waals surface area (Å²) in [6.45, 7) is 2.80. The van der Waals surface area contributed by atoms with Crippen molar-refractivity contribution < 1.29 is 19.1 Å². The zero-order valence-electron chi connectivity index (χ0n) is 8.76. The molecule has 1 unspecified atom stereocenters. The first-order chi connectivity index (χ1) is 7.68. The predicted molar refractivity (Wildman–Crippen MR) is 56.3 cm³/mol. The minimum absolute atomic E-state index is 0.272. The van der Waals surface area contributed by atoms with Gasteiger partial charge in [-0.3, -0.25) is 4.79 Å². The van der Waals surface area contributed by atoms with E-state index in [2.05, 4.69) is 0 Å². The largest absolute Gasteiger partial charge is 0.480 e. The fraction of sp³-hybridized carbons (Fsp3) is 0.500. The Morgan fingerprint density at radius 3 is 2.75 bits per heavy atom. The molecule has 0 aliphatic carbocycles. The first-order valence-corrected chi connectivity index (χ1v) is 5.09. The maximum atomic E-state index is 10.7. The van der Waals surface area contributed by atoms with Gasteiger partial charge in [0, 0.05) is 19.2 Å². The molecule has 1 aromatic heterocycles. The van der Waals surface area contributed by atoms with Crippen molar-refractivity contribution in [3.63, 3.8) is 0 Å². The van der Waals surface area contributed by atoms with E-state index >= 15 is 0 Å². The Balaban J connectivity index is 2.09. The molecule has 2 rings (SSSR count). The molecule has 0 bridgehead atoms. The lowest BCUT2D eigenvalue weighted by atomic mass is 10.2. The van der Waals surface area contributed by atoms with Crippen LogP contribution in [0.15, 0.2) is 16.5 Å². The number of morpholine rings is 1. The number of hydrogen-bond acceptors (Lipinski definition) is 5. The molecule has 3 N–H and O–H groups in total. The van der Waals surface area contributed by atoms with Crippen molar-refractivity contribution in [2.24, 2.45) is 5.73 Å². The Bertz CT molecular complexity index is 371. The van der Waals surface area contributed by atoms with Crippen LogP contribution >= 0.6 is 0 Å². The minimum Gasteiger partial charge on any atom is -0.480 e. The van der Waals surface area contributed by atoms with E-state index in [0.29, 0.717) is 19.1 Å². The topological polar surface area (TPSA) is 88.9 Å². The van der Waals surface area contributed by atoms with Gasteiger partial charge in [0.25, 0.3) is 0 Å². The number of carbonyl (C=O) groups is 1. The summed E-state index contributed by atoms with van der Waals surface area (Å²) < 4.78 is 10.6. The highest BCUT2D eigenvalue weighted by molar-refractivity contribution is 5.74. The molecule has 1 aliphatic heterocycles. The summed E-state index contributed by atoms with van der Waals surface area (Å²) in [7, 11) is 0. The molecular formula is C10H14N2O4. The molecule has 16 heavy (non-hydrogen) atoms. The van der Waals surface area contributed by atoms with E-state index in [9.17, 15) is 4.79 Å². The van der Waals surface area contributed by atoms with Crippen molar-refractivity contribution in [1.82, 2.24) is 0 Å². The Hall–Kier alpha value is -1.53. The monoisotopic (exact) mass is 226 g/mol. The predicted octanol–water partition coefficient (Wildman–Crippen LogP) is 0.201. The molecule has 6 heteroatoms. The van der Waals surface area contributed by atoms with Crippen LogP contribution in [-0.2, 0) is 9.53 Å². The number of furan rings is 1. The molecule has 1 aromatic rings. The van der Waals surface area contributed by atoms with Crippen LogP contribution in [-0.4, -0.2) is 37.4 Å². The molecule has 2 heterocycles. The van der Waals surface area contributed by atoms with Gasteiger partial charge in [-0.25, -0.2) is 0 Å². The van der Waals surface area contributed by atoms with E-state index in [1.807, 2.05) is 4.90 Å². The van der Waals surface area contributed by atoms with Gasteiger partial charge in [-0.1, -0.05) is 0 Å².